The van der Waals surface area contributed by atoms with Gasteiger partial charge in [0.05, 0.1) is 12.2 Å². The molecule has 5 nitrogen and oxygen atoms in total. The maximum atomic E-state index is 11.6. The lowest BCUT2D eigenvalue weighted by Gasteiger charge is -2.22. The molecule has 1 aromatic carbocycles. The average Bonchev–Trinajstić information content (AvgIpc) is 2.52. The third-order valence-corrected chi connectivity index (χ3v) is 4.11. The monoisotopic (exact) mass is 290 g/mol. The zero-order valence-corrected chi connectivity index (χ0v) is 12.4. The van der Waals surface area contributed by atoms with Crippen LogP contribution >= 0.6 is 0 Å². The summed E-state index contributed by atoms with van der Waals surface area (Å²) >= 11 is 0. The van der Waals surface area contributed by atoms with Crippen LogP contribution in [0.4, 0.5) is 0 Å². The molecule has 1 fully saturated rings. The summed E-state index contributed by atoms with van der Waals surface area (Å²) in [7, 11) is 0. The van der Waals surface area contributed by atoms with E-state index in [0.717, 1.165) is 0 Å². The molecule has 0 bridgehead atoms. The normalized spacial score (nSPS) is 17.2. The quantitative estimate of drug-likeness (QED) is 0.813. The Labute approximate surface area is 124 Å². The van der Waals surface area contributed by atoms with Crippen LogP contribution in [0.3, 0.4) is 0 Å². The van der Waals surface area contributed by atoms with Crippen LogP contribution in [0.2, 0.25) is 0 Å². The van der Waals surface area contributed by atoms with E-state index in [1.807, 2.05) is 0 Å². The molecule has 114 valence electrons. The van der Waals surface area contributed by atoms with Crippen LogP contribution in [0, 0.1) is 10.8 Å². The second-order valence-corrected chi connectivity index (χ2v) is 5.72. The van der Waals surface area contributed by atoms with Crippen LogP contribution in [0.15, 0.2) is 23.4 Å². The maximum absolute atomic E-state index is 11.6. The van der Waals surface area contributed by atoms with Gasteiger partial charge in [-0.2, -0.15) is 4.91 Å². The number of carbonyl (C=O) groups excluding carboxylic acids is 1. The fourth-order valence-corrected chi connectivity index (χ4v) is 2.75. The Morgan fingerprint density at radius 1 is 1.38 bits per heavy atom. The highest BCUT2D eigenvalue weighted by molar-refractivity contribution is 5.95. The predicted molar refractivity (Wildman–Crippen MR) is 81.2 cm³/mol. The number of hydrogen-bond donors (Lipinski definition) is 1. The Hall–Kier alpha value is -1.91. The summed E-state index contributed by atoms with van der Waals surface area (Å²) in [6.07, 6.45) is 6.15. The van der Waals surface area contributed by atoms with Crippen molar-refractivity contribution in [3.05, 3.63) is 34.2 Å². The van der Waals surface area contributed by atoms with Gasteiger partial charge in [-0.25, -0.2) is 0 Å². The first-order valence-electron chi connectivity index (χ1n) is 7.51. The van der Waals surface area contributed by atoms with Crippen molar-refractivity contribution >= 4 is 5.91 Å². The first-order valence-corrected chi connectivity index (χ1v) is 7.51. The predicted octanol–water partition coefficient (Wildman–Crippen LogP) is 3.57. The Morgan fingerprint density at radius 3 is 2.71 bits per heavy atom. The molecular formula is C16H22N2O3. The van der Waals surface area contributed by atoms with E-state index in [2.05, 4.69) is 5.18 Å². The van der Waals surface area contributed by atoms with Crippen molar-refractivity contribution in [3.8, 4) is 5.75 Å². The molecule has 1 aromatic rings. The summed E-state index contributed by atoms with van der Waals surface area (Å²) in [5.41, 5.74) is 6.39. The lowest BCUT2D eigenvalue weighted by molar-refractivity contribution is 0.0994. The van der Waals surface area contributed by atoms with Gasteiger partial charge in [0.15, 0.2) is 0 Å². The highest BCUT2D eigenvalue weighted by atomic mass is 16.5. The van der Waals surface area contributed by atoms with Gasteiger partial charge in [0.2, 0.25) is 0 Å². The molecule has 0 radical (unpaired) electrons. The Bertz CT molecular complexity index is 510. The van der Waals surface area contributed by atoms with Gasteiger partial charge in [-0.1, -0.05) is 30.5 Å². The molecule has 1 aliphatic rings. The van der Waals surface area contributed by atoms with E-state index in [9.17, 15) is 9.70 Å². The molecule has 0 saturated heterocycles. The van der Waals surface area contributed by atoms with Crippen LogP contribution in [-0.4, -0.2) is 12.5 Å². The zero-order valence-electron chi connectivity index (χ0n) is 12.4. The molecule has 1 amide bonds. The Balaban J connectivity index is 2.10. The number of nitrogens with zero attached hydrogens (tertiary/aromatic N) is 1. The van der Waals surface area contributed by atoms with E-state index in [-0.39, 0.29) is 0 Å². The highest BCUT2D eigenvalue weighted by Gasteiger charge is 2.17. The molecule has 2 rings (SSSR count). The SMILES string of the molecule is CC(N=O)c1ccc(OCC2CCCCC2)c(C(N)=O)c1. The molecule has 5 heteroatoms. The van der Waals surface area contributed by atoms with Gasteiger partial charge in [-0.05, 0) is 43.4 Å². The fourth-order valence-electron chi connectivity index (χ4n) is 2.75. The summed E-state index contributed by atoms with van der Waals surface area (Å²) < 4.78 is 5.80. The van der Waals surface area contributed by atoms with Crippen LogP contribution in [0.25, 0.3) is 0 Å². The maximum Gasteiger partial charge on any atom is 0.252 e. The van der Waals surface area contributed by atoms with Crippen molar-refractivity contribution in [2.75, 3.05) is 6.61 Å². The molecule has 1 aliphatic carbocycles. The van der Waals surface area contributed by atoms with E-state index in [1.54, 1.807) is 25.1 Å². The minimum atomic E-state index is -0.548. The largest absolute Gasteiger partial charge is 0.492 e. The third kappa shape index (κ3) is 4.03. The Morgan fingerprint density at radius 2 is 2.10 bits per heavy atom. The summed E-state index contributed by atoms with van der Waals surface area (Å²) in [5.74, 6) is 0.498. The summed E-state index contributed by atoms with van der Waals surface area (Å²) in [5, 5.41) is 2.97. The molecule has 0 spiro atoms. The second-order valence-electron chi connectivity index (χ2n) is 5.72. The molecule has 1 atom stereocenters. The van der Waals surface area contributed by atoms with Crippen LogP contribution in [0.5, 0.6) is 5.75 Å². The van der Waals surface area contributed by atoms with Gasteiger partial charge in [0.25, 0.3) is 5.91 Å². The van der Waals surface area contributed by atoms with Crippen LogP contribution in [0.1, 0.15) is 61.0 Å². The zero-order chi connectivity index (χ0) is 15.2. The van der Waals surface area contributed by atoms with Gasteiger partial charge in [-0.3, -0.25) is 4.79 Å². The Kier molecular flexibility index (Phi) is 5.31. The number of nitroso groups, excluding NO2 is 1. The average molecular weight is 290 g/mol. The topological polar surface area (TPSA) is 81.8 Å². The summed E-state index contributed by atoms with van der Waals surface area (Å²) in [6.45, 7) is 2.29. The van der Waals surface area contributed by atoms with Gasteiger partial charge in [-0.15, -0.1) is 0 Å². The minimum Gasteiger partial charge on any atom is -0.492 e. The first kappa shape index (κ1) is 15.5. The molecule has 1 unspecified atom stereocenters. The van der Waals surface area contributed by atoms with E-state index in [1.165, 1.54) is 32.1 Å². The molecule has 2 N–H and O–H groups in total. The van der Waals surface area contributed by atoms with Gasteiger partial charge < -0.3 is 10.5 Å². The lowest BCUT2D eigenvalue weighted by atomic mass is 9.90. The standard InChI is InChI=1S/C16H22N2O3/c1-11(18-20)13-7-8-15(14(9-13)16(17)19)21-10-12-5-3-2-4-6-12/h7-9,11-12H,2-6,10H2,1H3,(H2,17,19). The summed E-state index contributed by atoms with van der Waals surface area (Å²) in [4.78, 5) is 22.2. The van der Waals surface area contributed by atoms with Crippen molar-refractivity contribution in [3.63, 3.8) is 0 Å². The number of carbonyl (C=O) groups is 1. The number of amides is 1. The number of hydrogen-bond acceptors (Lipinski definition) is 4. The molecule has 21 heavy (non-hydrogen) atoms. The van der Waals surface area contributed by atoms with Crippen molar-refractivity contribution < 1.29 is 9.53 Å². The molecular weight excluding hydrogens is 268 g/mol. The van der Waals surface area contributed by atoms with Crippen LogP contribution in [-0.2, 0) is 0 Å². The van der Waals surface area contributed by atoms with E-state index >= 15 is 0 Å². The third-order valence-electron chi connectivity index (χ3n) is 4.11. The molecule has 1 saturated carbocycles. The smallest absolute Gasteiger partial charge is 0.252 e. The summed E-state index contributed by atoms with van der Waals surface area (Å²) in [6, 6.07) is 4.56. The van der Waals surface area contributed by atoms with Crippen molar-refractivity contribution in [1.29, 1.82) is 0 Å². The van der Waals surface area contributed by atoms with E-state index in [4.69, 9.17) is 10.5 Å². The number of rotatable bonds is 6. The highest BCUT2D eigenvalue weighted by Crippen LogP contribution is 2.28. The minimum absolute atomic E-state index is 0.318. The van der Waals surface area contributed by atoms with Gasteiger partial charge in [0, 0.05) is 0 Å². The molecule has 0 aliphatic heterocycles. The number of benzene rings is 1. The van der Waals surface area contributed by atoms with Crippen molar-refractivity contribution in [2.24, 2.45) is 16.8 Å². The van der Waals surface area contributed by atoms with E-state index in [0.29, 0.717) is 29.4 Å². The number of nitrogens with two attached hydrogens (primary N) is 1. The molecule has 0 heterocycles. The van der Waals surface area contributed by atoms with Crippen molar-refractivity contribution in [1.82, 2.24) is 0 Å². The van der Waals surface area contributed by atoms with Crippen LogP contribution < -0.4 is 10.5 Å². The number of primary amides is 1. The molecule has 0 aromatic heterocycles. The van der Waals surface area contributed by atoms with Crippen molar-refractivity contribution in [2.45, 2.75) is 45.1 Å². The van der Waals surface area contributed by atoms with Gasteiger partial charge >= 0.3 is 0 Å². The van der Waals surface area contributed by atoms with E-state index < -0.39 is 11.9 Å². The first-order chi connectivity index (χ1) is 10.1. The second kappa shape index (κ2) is 7.20. The number of ether oxygens (including phenoxy) is 1. The van der Waals surface area contributed by atoms with Gasteiger partial charge in [0.1, 0.15) is 11.8 Å². The fraction of sp³-hybridized carbons (Fsp3) is 0.562. The lowest BCUT2D eigenvalue weighted by Crippen LogP contribution is -2.18.